The zero-order valence-corrected chi connectivity index (χ0v) is 12.6. The van der Waals surface area contributed by atoms with Crippen LogP contribution < -0.4 is 15.4 Å². The van der Waals surface area contributed by atoms with Crippen molar-refractivity contribution in [1.82, 2.24) is 5.32 Å². The first-order chi connectivity index (χ1) is 11.9. The molecule has 5 nitrogen and oxygen atoms in total. The average molecular weight is 356 g/mol. The predicted octanol–water partition coefficient (Wildman–Crippen LogP) is 2.93. The Labute approximate surface area is 139 Å². The van der Waals surface area contributed by atoms with E-state index >= 15 is 0 Å². The Bertz CT molecular complexity index is 784. The summed E-state index contributed by atoms with van der Waals surface area (Å²) in [6, 6.07) is 8.04. The lowest BCUT2D eigenvalue weighted by molar-refractivity contribution is -0.115. The molecule has 0 aliphatic rings. The largest absolute Gasteiger partial charge is 0.434 e. The number of hydrogen-bond acceptors (Lipinski definition) is 3. The fourth-order valence-corrected chi connectivity index (χ4v) is 1.89. The van der Waals surface area contributed by atoms with E-state index in [1.54, 1.807) is 0 Å². The van der Waals surface area contributed by atoms with Crippen molar-refractivity contribution in [2.45, 2.75) is 6.61 Å². The molecule has 2 amide bonds. The minimum Gasteiger partial charge on any atom is -0.434 e. The number of benzene rings is 2. The Morgan fingerprint density at radius 2 is 1.76 bits per heavy atom. The normalized spacial score (nSPS) is 10.4. The van der Waals surface area contributed by atoms with Gasteiger partial charge in [0.05, 0.1) is 12.1 Å². The number of nitrogens with one attached hydrogen (secondary N) is 2. The van der Waals surface area contributed by atoms with Gasteiger partial charge in [0.2, 0.25) is 5.91 Å². The van der Waals surface area contributed by atoms with Gasteiger partial charge in [-0.15, -0.1) is 0 Å². The highest BCUT2D eigenvalue weighted by molar-refractivity contribution is 6.00. The van der Waals surface area contributed by atoms with Crippen LogP contribution in [0.25, 0.3) is 0 Å². The molecule has 0 aliphatic carbocycles. The number of carbonyl (C=O) groups excluding carboxylic acids is 2. The summed E-state index contributed by atoms with van der Waals surface area (Å²) in [6.07, 6.45) is 0. The number of rotatable bonds is 6. The Hall–Kier alpha value is -3.10. The smallest absolute Gasteiger partial charge is 0.387 e. The molecule has 25 heavy (non-hydrogen) atoms. The highest BCUT2D eigenvalue weighted by Crippen LogP contribution is 2.20. The first kappa shape index (κ1) is 18.2. The van der Waals surface area contributed by atoms with Crippen molar-refractivity contribution in [1.29, 1.82) is 0 Å². The molecule has 2 N–H and O–H groups in total. The number of hydrogen-bond donors (Lipinski definition) is 2. The molecule has 0 radical (unpaired) electrons. The van der Waals surface area contributed by atoms with E-state index in [0.717, 1.165) is 18.2 Å². The number of carbonyl (C=O) groups is 2. The highest BCUT2D eigenvalue weighted by atomic mass is 19.3. The highest BCUT2D eigenvalue weighted by Gasteiger charge is 2.16. The third-order valence-corrected chi connectivity index (χ3v) is 2.96. The summed E-state index contributed by atoms with van der Waals surface area (Å²) >= 11 is 0. The Kier molecular flexibility index (Phi) is 5.93. The van der Waals surface area contributed by atoms with Crippen LogP contribution in [0.5, 0.6) is 5.75 Å². The fraction of sp³-hybridized carbons (Fsp3) is 0.125. The van der Waals surface area contributed by atoms with Crippen molar-refractivity contribution in [2.24, 2.45) is 0 Å². The van der Waals surface area contributed by atoms with Crippen molar-refractivity contribution in [3.8, 4) is 5.75 Å². The van der Waals surface area contributed by atoms with Crippen LogP contribution >= 0.6 is 0 Å². The Morgan fingerprint density at radius 1 is 1.04 bits per heavy atom. The van der Waals surface area contributed by atoms with Crippen LogP contribution in [0.4, 0.5) is 23.2 Å². The third-order valence-electron chi connectivity index (χ3n) is 2.96. The van der Waals surface area contributed by atoms with Crippen LogP contribution in [0.15, 0.2) is 42.5 Å². The van der Waals surface area contributed by atoms with Crippen LogP contribution in [0.3, 0.4) is 0 Å². The molecule has 2 aromatic rings. The molecular weight excluding hydrogens is 344 g/mol. The first-order valence-electron chi connectivity index (χ1n) is 6.93. The monoisotopic (exact) mass is 356 g/mol. The number of ether oxygens (including phenoxy) is 1. The van der Waals surface area contributed by atoms with E-state index in [0.29, 0.717) is 0 Å². The zero-order valence-electron chi connectivity index (χ0n) is 12.6. The zero-order chi connectivity index (χ0) is 18.4. The molecule has 0 bridgehead atoms. The van der Waals surface area contributed by atoms with E-state index in [9.17, 15) is 27.2 Å². The van der Waals surface area contributed by atoms with Gasteiger partial charge in [0.15, 0.2) is 11.6 Å². The van der Waals surface area contributed by atoms with Gasteiger partial charge in [-0.05, 0) is 24.3 Å². The standard InChI is InChI=1S/C16H12F4N2O3/c17-11-6-5-9(7-12(11)18)22-14(23)8-21-15(24)10-3-1-2-4-13(10)25-16(19)20/h1-7,16H,8H2,(H,21,24)(H,22,23). The van der Waals surface area contributed by atoms with E-state index in [-0.39, 0.29) is 17.0 Å². The van der Waals surface area contributed by atoms with Gasteiger partial charge in [0, 0.05) is 11.8 Å². The molecule has 132 valence electrons. The fourth-order valence-electron chi connectivity index (χ4n) is 1.89. The second-order valence-corrected chi connectivity index (χ2v) is 4.73. The molecule has 0 saturated heterocycles. The van der Waals surface area contributed by atoms with Gasteiger partial charge in [-0.1, -0.05) is 12.1 Å². The summed E-state index contributed by atoms with van der Waals surface area (Å²) in [6.45, 7) is -3.62. The quantitative estimate of drug-likeness (QED) is 0.782. The number of para-hydroxylation sites is 1. The van der Waals surface area contributed by atoms with E-state index in [1.807, 2.05) is 0 Å². The summed E-state index contributed by atoms with van der Waals surface area (Å²) < 4.78 is 54.7. The Balaban J connectivity index is 1.95. The van der Waals surface area contributed by atoms with Crippen molar-refractivity contribution in [3.05, 3.63) is 59.7 Å². The van der Waals surface area contributed by atoms with E-state index in [1.165, 1.54) is 24.3 Å². The second kappa shape index (κ2) is 8.13. The van der Waals surface area contributed by atoms with Crippen molar-refractivity contribution < 1.29 is 31.9 Å². The van der Waals surface area contributed by atoms with Gasteiger partial charge in [-0.2, -0.15) is 8.78 Å². The number of alkyl halides is 2. The van der Waals surface area contributed by atoms with Crippen LogP contribution in [0.1, 0.15) is 10.4 Å². The topological polar surface area (TPSA) is 67.4 Å². The summed E-state index contributed by atoms with van der Waals surface area (Å²) in [5.74, 6) is -4.07. The van der Waals surface area contributed by atoms with Crippen molar-refractivity contribution in [3.63, 3.8) is 0 Å². The predicted molar refractivity (Wildman–Crippen MR) is 80.4 cm³/mol. The minimum atomic E-state index is -3.11. The molecule has 2 aromatic carbocycles. The van der Waals surface area contributed by atoms with Crippen molar-refractivity contribution in [2.75, 3.05) is 11.9 Å². The average Bonchev–Trinajstić information content (AvgIpc) is 2.56. The lowest BCUT2D eigenvalue weighted by Crippen LogP contribution is -2.33. The summed E-state index contributed by atoms with van der Waals surface area (Å²) in [5.41, 5.74) is -0.178. The molecule has 2 rings (SSSR count). The van der Waals surface area contributed by atoms with E-state index in [4.69, 9.17) is 0 Å². The second-order valence-electron chi connectivity index (χ2n) is 4.73. The van der Waals surface area contributed by atoms with Gasteiger partial charge < -0.3 is 15.4 Å². The molecule has 0 spiro atoms. The lowest BCUT2D eigenvalue weighted by Gasteiger charge is -2.11. The van der Waals surface area contributed by atoms with Gasteiger partial charge in [-0.25, -0.2) is 8.78 Å². The minimum absolute atomic E-state index is 0.000386. The van der Waals surface area contributed by atoms with Crippen molar-refractivity contribution >= 4 is 17.5 Å². The first-order valence-corrected chi connectivity index (χ1v) is 6.93. The van der Waals surface area contributed by atoms with Gasteiger partial charge in [0.1, 0.15) is 5.75 Å². The third kappa shape index (κ3) is 5.20. The Morgan fingerprint density at radius 3 is 2.44 bits per heavy atom. The molecule has 0 aromatic heterocycles. The van der Waals surface area contributed by atoms with E-state index < -0.39 is 36.6 Å². The molecule has 0 saturated carbocycles. The maximum absolute atomic E-state index is 13.0. The summed E-state index contributed by atoms with van der Waals surface area (Å²) in [7, 11) is 0. The lowest BCUT2D eigenvalue weighted by atomic mass is 10.2. The molecule has 0 fully saturated rings. The van der Waals surface area contributed by atoms with Gasteiger partial charge in [0.25, 0.3) is 5.91 Å². The SMILES string of the molecule is O=C(CNC(=O)c1ccccc1OC(F)F)Nc1ccc(F)c(F)c1. The molecule has 0 aliphatic heterocycles. The molecule has 9 heteroatoms. The molecular formula is C16H12F4N2O3. The van der Waals surface area contributed by atoms with Crippen LogP contribution in [-0.4, -0.2) is 25.0 Å². The summed E-state index contributed by atoms with van der Waals surface area (Å²) in [5, 5.41) is 4.47. The summed E-state index contributed by atoms with van der Waals surface area (Å²) in [4.78, 5) is 23.7. The van der Waals surface area contributed by atoms with Crippen LogP contribution in [0.2, 0.25) is 0 Å². The molecule has 0 unspecified atom stereocenters. The number of halogens is 4. The number of amides is 2. The number of anilines is 1. The van der Waals surface area contributed by atoms with E-state index in [2.05, 4.69) is 15.4 Å². The maximum atomic E-state index is 13.0. The van der Waals surface area contributed by atoms with Crippen LogP contribution in [-0.2, 0) is 4.79 Å². The van der Waals surface area contributed by atoms with Gasteiger partial charge in [-0.3, -0.25) is 9.59 Å². The van der Waals surface area contributed by atoms with Gasteiger partial charge >= 0.3 is 6.61 Å². The van der Waals surface area contributed by atoms with Crippen LogP contribution in [0, 0.1) is 11.6 Å². The maximum Gasteiger partial charge on any atom is 0.387 e. The molecule has 0 heterocycles. The molecule has 0 atom stereocenters.